The second kappa shape index (κ2) is 12.1. The first-order chi connectivity index (χ1) is 14.3. The first-order valence-electron chi connectivity index (χ1n) is 9.46. The van der Waals surface area contributed by atoms with Crippen molar-refractivity contribution >= 4 is 46.9 Å². The molecule has 3 N–H and O–H groups in total. The molecule has 0 spiro atoms. The number of thioether (sulfide) groups is 1. The molecule has 2 aromatic rings. The molecule has 0 bridgehead atoms. The van der Waals surface area contributed by atoms with Gasteiger partial charge in [0.05, 0.1) is 15.7 Å². The van der Waals surface area contributed by atoms with E-state index in [2.05, 4.69) is 15.4 Å². The molecule has 164 valence electrons. The summed E-state index contributed by atoms with van der Waals surface area (Å²) < 4.78 is 1.82. The minimum absolute atomic E-state index is 0.528. The number of aromatic nitrogens is 3. The molecular formula is C19H24Cl2N4O4S. The van der Waals surface area contributed by atoms with E-state index >= 15 is 0 Å². The molecule has 8 nitrogen and oxygen atoms in total. The van der Waals surface area contributed by atoms with Crippen molar-refractivity contribution in [3.63, 3.8) is 0 Å². The SMILES string of the molecule is Cc1nc(SCCCC2CCNCC2)nn1-c1ccc(Cl)c(Cl)c1.O=C(O)C(=O)O. The lowest BCUT2D eigenvalue weighted by Gasteiger charge is -2.22. The molecule has 0 amide bonds. The number of nitrogens with one attached hydrogen (secondary N) is 1. The lowest BCUT2D eigenvalue weighted by atomic mass is 9.94. The summed E-state index contributed by atoms with van der Waals surface area (Å²) in [4.78, 5) is 22.8. The third kappa shape index (κ3) is 7.79. The van der Waals surface area contributed by atoms with Gasteiger partial charge >= 0.3 is 11.9 Å². The third-order valence-electron chi connectivity index (χ3n) is 4.53. The van der Waals surface area contributed by atoms with E-state index in [-0.39, 0.29) is 0 Å². The average molecular weight is 475 g/mol. The molecule has 1 saturated heterocycles. The van der Waals surface area contributed by atoms with Crippen LogP contribution in [0.5, 0.6) is 0 Å². The fourth-order valence-electron chi connectivity index (χ4n) is 2.99. The highest BCUT2D eigenvalue weighted by Gasteiger charge is 2.13. The predicted molar refractivity (Wildman–Crippen MR) is 117 cm³/mol. The van der Waals surface area contributed by atoms with Crippen LogP contribution >= 0.6 is 35.0 Å². The number of aliphatic carboxylic acids is 2. The summed E-state index contributed by atoms with van der Waals surface area (Å²) in [7, 11) is 0. The number of aryl methyl sites for hydroxylation is 1. The largest absolute Gasteiger partial charge is 0.473 e. The van der Waals surface area contributed by atoms with Crippen molar-refractivity contribution in [2.75, 3.05) is 18.8 Å². The van der Waals surface area contributed by atoms with E-state index in [1.165, 1.54) is 38.8 Å². The summed E-state index contributed by atoms with van der Waals surface area (Å²) in [5.41, 5.74) is 0.885. The quantitative estimate of drug-likeness (QED) is 0.327. The monoisotopic (exact) mass is 474 g/mol. The maximum Gasteiger partial charge on any atom is 0.414 e. The van der Waals surface area contributed by atoms with E-state index in [9.17, 15) is 0 Å². The molecule has 11 heteroatoms. The van der Waals surface area contributed by atoms with Crippen LogP contribution in [0.15, 0.2) is 23.4 Å². The Morgan fingerprint density at radius 3 is 2.47 bits per heavy atom. The molecular weight excluding hydrogens is 451 g/mol. The Morgan fingerprint density at radius 2 is 1.87 bits per heavy atom. The number of hydrogen-bond acceptors (Lipinski definition) is 6. The number of nitrogens with zero attached hydrogens (tertiary/aromatic N) is 3. The van der Waals surface area contributed by atoms with E-state index in [1.54, 1.807) is 17.8 Å². The van der Waals surface area contributed by atoms with Crippen LogP contribution in [0.1, 0.15) is 31.5 Å². The van der Waals surface area contributed by atoms with E-state index in [0.717, 1.165) is 28.3 Å². The van der Waals surface area contributed by atoms with E-state index in [0.29, 0.717) is 10.0 Å². The molecule has 3 rings (SSSR count). The summed E-state index contributed by atoms with van der Waals surface area (Å²) >= 11 is 13.8. The van der Waals surface area contributed by atoms with E-state index in [1.807, 2.05) is 23.7 Å². The molecule has 0 atom stereocenters. The number of carboxylic acid groups (broad SMARTS) is 2. The molecule has 1 aliphatic rings. The minimum atomic E-state index is -1.82. The Bertz CT molecular complexity index is 860. The van der Waals surface area contributed by atoms with Gasteiger partial charge in [0.25, 0.3) is 0 Å². The van der Waals surface area contributed by atoms with Gasteiger partial charge in [0.2, 0.25) is 5.16 Å². The van der Waals surface area contributed by atoms with Crippen LogP contribution in [0.25, 0.3) is 5.69 Å². The highest BCUT2D eigenvalue weighted by Crippen LogP contribution is 2.26. The van der Waals surface area contributed by atoms with Crippen LogP contribution in [0, 0.1) is 12.8 Å². The van der Waals surface area contributed by atoms with Crippen LogP contribution in [0.3, 0.4) is 0 Å². The molecule has 0 saturated carbocycles. The summed E-state index contributed by atoms with van der Waals surface area (Å²) in [5.74, 6) is -0.844. The standard InChI is InChI=1S/C17H22Cl2N4S.C2H2O4/c1-12-21-17(24-10-2-3-13-6-8-20-9-7-13)22-23(12)14-4-5-15(18)16(19)11-14;3-1(4)2(5)6/h4-5,11,13,20H,2-3,6-10H2,1H3;(H,3,4)(H,5,6). The number of carbonyl (C=O) groups is 2. The van der Waals surface area contributed by atoms with Crippen molar-refractivity contribution in [1.82, 2.24) is 20.1 Å². The van der Waals surface area contributed by atoms with Crippen LogP contribution in [0.2, 0.25) is 10.0 Å². The molecule has 30 heavy (non-hydrogen) atoms. The zero-order chi connectivity index (χ0) is 22.1. The van der Waals surface area contributed by atoms with Gasteiger partial charge in [-0.25, -0.2) is 19.3 Å². The number of carboxylic acids is 2. The third-order valence-corrected chi connectivity index (χ3v) is 6.19. The topological polar surface area (TPSA) is 117 Å². The molecule has 0 radical (unpaired) electrons. The van der Waals surface area contributed by atoms with Gasteiger partial charge in [-0.05, 0) is 69.8 Å². The van der Waals surface area contributed by atoms with Gasteiger partial charge in [-0.3, -0.25) is 0 Å². The lowest BCUT2D eigenvalue weighted by Crippen LogP contribution is -2.27. The maximum absolute atomic E-state index is 9.10. The van der Waals surface area contributed by atoms with Crippen molar-refractivity contribution < 1.29 is 19.8 Å². The molecule has 0 aliphatic carbocycles. The van der Waals surface area contributed by atoms with Crippen molar-refractivity contribution in [3.05, 3.63) is 34.1 Å². The van der Waals surface area contributed by atoms with Crippen LogP contribution in [0.4, 0.5) is 0 Å². The summed E-state index contributed by atoms with van der Waals surface area (Å²) in [6, 6.07) is 5.50. The molecule has 1 fully saturated rings. The molecule has 1 aliphatic heterocycles. The number of benzene rings is 1. The zero-order valence-electron chi connectivity index (χ0n) is 16.5. The van der Waals surface area contributed by atoms with Gasteiger partial charge in [0.15, 0.2) is 0 Å². The predicted octanol–water partition coefficient (Wildman–Crippen LogP) is 3.91. The van der Waals surface area contributed by atoms with Crippen LogP contribution in [-0.4, -0.2) is 55.8 Å². The summed E-state index contributed by atoms with van der Waals surface area (Å²) in [5, 5.41) is 24.7. The minimum Gasteiger partial charge on any atom is -0.473 e. The van der Waals surface area contributed by atoms with Crippen molar-refractivity contribution in [2.24, 2.45) is 5.92 Å². The molecule has 1 aromatic heterocycles. The van der Waals surface area contributed by atoms with Gasteiger partial charge in [-0.1, -0.05) is 35.0 Å². The van der Waals surface area contributed by atoms with E-state index < -0.39 is 11.9 Å². The number of piperidine rings is 1. The van der Waals surface area contributed by atoms with Crippen molar-refractivity contribution in [1.29, 1.82) is 0 Å². The maximum atomic E-state index is 9.10. The van der Waals surface area contributed by atoms with Crippen molar-refractivity contribution in [2.45, 2.75) is 37.8 Å². The first kappa shape index (κ1) is 24.5. The van der Waals surface area contributed by atoms with E-state index in [4.69, 9.17) is 43.0 Å². The highest BCUT2D eigenvalue weighted by atomic mass is 35.5. The summed E-state index contributed by atoms with van der Waals surface area (Å²) in [6.45, 7) is 4.30. The number of rotatable bonds is 6. The van der Waals surface area contributed by atoms with Crippen LogP contribution < -0.4 is 5.32 Å². The van der Waals surface area contributed by atoms with Crippen molar-refractivity contribution in [3.8, 4) is 5.69 Å². The van der Waals surface area contributed by atoms with Gasteiger partial charge in [-0.15, -0.1) is 5.10 Å². The zero-order valence-corrected chi connectivity index (χ0v) is 18.8. The lowest BCUT2D eigenvalue weighted by molar-refractivity contribution is -0.159. The smallest absolute Gasteiger partial charge is 0.414 e. The Hall–Kier alpha value is -1.81. The van der Waals surface area contributed by atoms with Gasteiger partial charge in [-0.2, -0.15) is 0 Å². The number of hydrogen-bond donors (Lipinski definition) is 3. The molecule has 0 unspecified atom stereocenters. The Kier molecular flexibility index (Phi) is 9.90. The molecule has 1 aromatic carbocycles. The van der Waals surface area contributed by atoms with Gasteiger partial charge in [0, 0.05) is 5.75 Å². The molecule has 2 heterocycles. The second-order valence-electron chi connectivity index (χ2n) is 6.75. The van der Waals surface area contributed by atoms with Gasteiger partial charge in [0.1, 0.15) is 5.82 Å². The second-order valence-corrected chi connectivity index (χ2v) is 8.62. The number of halogens is 2. The normalized spacial score (nSPS) is 14.1. The Labute approximate surface area is 189 Å². The fourth-order valence-corrected chi connectivity index (χ4v) is 4.12. The first-order valence-corrected chi connectivity index (χ1v) is 11.2. The average Bonchev–Trinajstić information content (AvgIpc) is 3.09. The fraction of sp³-hybridized carbons (Fsp3) is 0.474. The summed E-state index contributed by atoms with van der Waals surface area (Å²) in [6.07, 6.45) is 5.15. The van der Waals surface area contributed by atoms with Gasteiger partial charge < -0.3 is 15.5 Å². The Balaban J connectivity index is 0.000000469. The highest BCUT2D eigenvalue weighted by molar-refractivity contribution is 7.99. The van der Waals surface area contributed by atoms with Crippen LogP contribution in [-0.2, 0) is 9.59 Å². The Morgan fingerprint density at radius 1 is 1.20 bits per heavy atom.